The maximum Gasteiger partial charge on any atom is 0.00968 e. The summed E-state index contributed by atoms with van der Waals surface area (Å²) >= 11 is 5.87. The highest BCUT2D eigenvalue weighted by molar-refractivity contribution is 8.42. The van der Waals surface area contributed by atoms with Crippen LogP contribution < -0.4 is 0 Å². The quantitative estimate of drug-likeness (QED) is 0.609. The van der Waals surface area contributed by atoms with E-state index in [0.29, 0.717) is 10.2 Å². The van der Waals surface area contributed by atoms with E-state index >= 15 is 0 Å². The van der Waals surface area contributed by atoms with Gasteiger partial charge in [0.2, 0.25) is 0 Å². The minimum absolute atomic E-state index is 0.522. The van der Waals surface area contributed by atoms with Crippen molar-refractivity contribution in [1.82, 2.24) is 0 Å². The number of hydrogen-bond donors (Lipinski definition) is 1. The molecule has 1 saturated heterocycles. The summed E-state index contributed by atoms with van der Waals surface area (Å²) in [6.07, 6.45) is 2.39. The zero-order valence-corrected chi connectivity index (χ0v) is 11.3. The second-order valence-corrected chi connectivity index (χ2v) is 11.6. The van der Waals surface area contributed by atoms with Gasteiger partial charge in [-0.1, -0.05) is 45.8 Å². The Hall–Kier alpha value is 0.570. The maximum absolute atomic E-state index is 5.87. The van der Waals surface area contributed by atoms with E-state index in [4.69, 9.17) is 11.2 Å². The average molecular weight is 218 g/mol. The fourth-order valence-corrected chi connectivity index (χ4v) is 10.7. The van der Waals surface area contributed by atoms with Gasteiger partial charge in [0, 0.05) is 4.75 Å². The van der Waals surface area contributed by atoms with Gasteiger partial charge in [-0.2, -0.15) is 8.59 Å². The molecule has 0 aromatic carbocycles. The van der Waals surface area contributed by atoms with E-state index < -0.39 is 8.59 Å². The van der Waals surface area contributed by atoms with E-state index in [1.165, 1.54) is 0 Å². The molecule has 78 valence electrons. The molecule has 2 unspecified atom stereocenters. The van der Waals surface area contributed by atoms with Crippen molar-refractivity contribution in [2.24, 2.45) is 17.3 Å². The molecule has 2 aliphatic rings. The molecule has 1 heterocycles. The van der Waals surface area contributed by atoms with E-state index in [0.717, 1.165) is 17.1 Å². The monoisotopic (exact) mass is 218 g/mol. The lowest BCUT2D eigenvalue weighted by Gasteiger charge is -2.83. The molecule has 13 heavy (non-hydrogen) atoms. The van der Waals surface area contributed by atoms with Crippen LogP contribution >= 0.6 is 0 Å². The van der Waals surface area contributed by atoms with E-state index in [1.54, 1.807) is 0 Å². The number of fused-ring (bicyclic) bond motifs is 1. The molecule has 0 amide bonds. The Morgan fingerprint density at radius 3 is 1.92 bits per heavy atom. The van der Waals surface area contributed by atoms with Crippen LogP contribution in [0.25, 0.3) is 0 Å². The fraction of sp³-hybridized carbons (Fsp3) is 1.00. The summed E-state index contributed by atoms with van der Waals surface area (Å²) in [6, 6.07) is 0. The predicted molar refractivity (Wildman–Crippen MR) is 66.4 cm³/mol. The minimum atomic E-state index is -1.05. The summed E-state index contributed by atoms with van der Waals surface area (Å²) < 4.78 is 0.522. The summed E-state index contributed by atoms with van der Waals surface area (Å²) in [4.78, 5) is 0. The first kappa shape index (κ1) is 10.1. The topological polar surface area (TPSA) is 0 Å². The molecule has 2 fully saturated rings. The van der Waals surface area contributed by atoms with Crippen molar-refractivity contribution in [3.8, 4) is 0 Å². The Bertz CT molecular complexity index is 309. The third-order valence-electron chi connectivity index (χ3n) is 6.20. The van der Waals surface area contributed by atoms with Gasteiger partial charge in [-0.25, -0.2) is 0 Å². The summed E-state index contributed by atoms with van der Waals surface area (Å²) in [6.45, 7) is 12.1. The Kier molecular flexibility index (Phi) is 1.72. The van der Waals surface area contributed by atoms with Gasteiger partial charge < -0.3 is 0 Å². The van der Waals surface area contributed by atoms with Gasteiger partial charge in [-0.15, -0.1) is 0 Å². The summed E-state index contributed by atoms with van der Waals surface area (Å²) in [5, 5.41) is 0.811. The van der Waals surface area contributed by atoms with Crippen molar-refractivity contribution in [1.29, 1.82) is 0 Å². The molecular formula is C11H22S2. The predicted octanol–water partition coefficient (Wildman–Crippen LogP) is 2.42. The summed E-state index contributed by atoms with van der Waals surface area (Å²) in [5.41, 5.74) is 0.566. The van der Waals surface area contributed by atoms with E-state index in [2.05, 4.69) is 40.9 Å². The van der Waals surface area contributed by atoms with Crippen LogP contribution in [0, 0.1) is 17.3 Å². The number of hydrogen-bond acceptors (Lipinski definition) is 1. The largest absolute Gasteiger partial charge is 0.200 e. The Labute approximate surface area is 88.0 Å². The highest BCUT2D eigenvalue weighted by Gasteiger charge is 2.77. The molecule has 0 aromatic heterocycles. The molecule has 0 bridgehead atoms. The zero-order valence-electron chi connectivity index (χ0n) is 9.59. The van der Waals surface area contributed by atoms with Crippen LogP contribution in [0.3, 0.4) is 0 Å². The molecule has 0 spiro atoms. The van der Waals surface area contributed by atoms with Crippen LogP contribution in [0.4, 0.5) is 0 Å². The van der Waals surface area contributed by atoms with Crippen LogP contribution in [0.15, 0.2) is 0 Å². The van der Waals surface area contributed by atoms with Crippen molar-refractivity contribution >= 4 is 19.8 Å². The molecule has 2 rings (SSSR count). The Morgan fingerprint density at radius 1 is 1.08 bits per heavy atom. The third kappa shape index (κ3) is 0.648. The molecule has 1 aliphatic heterocycles. The number of rotatable bonds is 0. The van der Waals surface area contributed by atoms with Crippen LogP contribution in [-0.4, -0.2) is 16.3 Å². The average Bonchev–Trinajstić information content (AvgIpc) is 2.11. The lowest BCUT2D eigenvalue weighted by Crippen LogP contribution is -2.86. The lowest BCUT2D eigenvalue weighted by molar-refractivity contribution is -0.0792. The third-order valence-corrected chi connectivity index (χ3v) is 13.0. The normalized spacial score (nSPS) is 65.8. The standard InChI is InChI=1S/C11H22S2/c1-7-8(2)11(5)10(7,4)9(3)13(11,6)12/h7-9,13H,1-6H3/t7-,8?,9+,10?,11-/m1/s1. The highest BCUT2D eigenvalue weighted by Crippen LogP contribution is 2.75. The highest BCUT2D eigenvalue weighted by atomic mass is 32.9. The van der Waals surface area contributed by atoms with Gasteiger partial charge in [0.25, 0.3) is 0 Å². The van der Waals surface area contributed by atoms with Gasteiger partial charge in [0.1, 0.15) is 0 Å². The second kappa shape index (κ2) is 2.21. The van der Waals surface area contributed by atoms with Crippen LogP contribution in [0.1, 0.15) is 34.6 Å². The van der Waals surface area contributed by atoms with Gasteiger partial charge in [-0.05, 0) is 28.8 Å². The molecule has 2 heteroatoms. The first-order valence-electron chi connectivity index (χ1n) is 5.29. The van der Waals surface area contributed by atoms with Crippen molar-refractivity contribution in [2.75, 3.05) is 6.26 Å². The Morgan fingerprint density at radius 2 is 1.54 bits per heavy atom. The molecule has 0 nitrogen and oxygen atoms in total. The first-order valence-corrected chi connectivity index (χ1v) is 8.61. The number of thiol groups is 1. The smallest absolute Gasteiger partial charge is 0.00968 e. The molecule has 0 N–H and O–H groups in total. The van der Waals surface area contributed by atoms with Crippen molar-refractivity contribution in [3.63, 3.8) is 0 Å². The summed E-state index contributed by atoms with van der Waals surface area (Å²) in [7, 11) is -1.05. The van der Waals surface area contributed by atoms with Gasteiger partial charge in [0.05, 0.1) is 0 Å². The zero-order chi connectivity index (χ0) is 10.2. The molecule has 1 aliphatic carbocycles. The fourth-order valence-electron chi connectivity index (χ4n) is 4.40. The van der Waals surface area contributed by atoms with Gasteiger partial charge in [0.15, 0.2) is 0 Å². The molecule has 1 saturated carbocycles. The van der Waals surface area contributed by atoms with E-state index in [-0.39, 0.29) is 0 Å². The van der Waals surface area contributed by atoms with Gasteiger partial charge in [-0.3, -0.25) is 0 Å². The first-order chi connectivity index (χ1) is 5.72. The van der Waals surface area contributed by atoms with E-state index in [1.807, 2.05) is 0 Å². The Balaban J connectivity index is 2.47. The van der Waals surface area contributed by atoms with Crippen molar-refractivity contribution in [2.45, 2.75) is 44.6 Å². The van der Waals surface area contributed by atoms with Crippen LogP contribution in [-0.2, 0) is 19.8 Å². The molecule has 0 aromatic rings. The maximum atomic E-state index is 5.87. The molecule has 0 radical (unpaired) electrons. The van der Waals surface area contributed by atoms with Gasteiger partial charge >= 0.3 is 0 Å². The second-order valence-electron chi connectivity index (χ2n) is 5.67. The minimum Gasteiger partial charge on any atom is -0.200 e. The van der Waals surface area contributed by atoms with Crippen LogP contribution in [0.2, 0.25) is 0 Å². The van der Waals surface area contributed by atoms with Crippen molar-refractivity contribution < 1.29 is 0 Å². The molecular weight excluding hydrogens is 196 g/mol. The van der Waals surface area contributed by atoms with E-state index in [9.17, 15) is 0 Å². The van der Waals surface area contributed by atoms with Crippen LogP contribution in [0.5, 0.6) is 0 Å². The lowest BCUT2D eigenvalue weighted by atomic mass is 9.46. The van der Waals surface area contributed by atoms with Crippen molar-refractivity contribution in [3.05, 3.63) is 0 Å². The molecule has 5 atom stereocenters. The summed E-state index contributed by atoms with van der Waals surface area (Å²) in [5.74, 6) is 1.73. The SMILES string of the molecule is CC1[C@@H](C)C2(C)[C@H](C)[SH](C)(=S)[C@]12C.